The smallest absolute Gasteiger partial charge is 0.0330 e. The maximum Gasteiger partial charge on any atom is 0.0330 e. The molecular formula is C15H33N3. The first-order valence-corrected chi connectivity index (χ1v) is 7.48. The number of nitrogens with zero attached hydrogens (tertiary/aromatic N) is 2. The van der Waals surface area contributed by atoms with Gasteiger partial charge in [0.15, 0.2) is 0 Å². The summed E-state index contributed by atoms with van der Waals surface area (Å²) in [6.07, 6.45) is 5.36. The molecule has 18 heavy (non-hydrogen) atoms. The third-order valence-electron chi connectivity index (χ3n) is 4.64. The zero-order valence-electron chi connectivity index (χ0n) is 13.3. The molecule has 1 aliphatic rings. The Kier molecular flexibility index (Phi) is 6.09. The van der Waals surface area contributed by atoms with E-state index in [9.17, 15) is 0 Å². The van der Waals surface area contributed by atoms with Crippen LogP contribution in [0.5, 0.6) is 0 Å². The van der Waals surface area contributed by atoms with Gasteiger partial charge in [0.2, 0.25) is 0 Å². The lowest BCUT2D eigenvalue weighted by Gasteiger charge is -2.50. The van der Waals surface area contributed by atoms with Gasteiger partial charge in [-0.2, -0.15) is 0 Å². The van der Waals surface area contributed by atoms with E-state index < -0.39 is 0 Å². The highest BCUT2D eigenvalue weighted by Crippen LogP contribution is 2.36. The molecule has 0 radical (unpaired) electrons. The van der Waals surface area contributed by atoms with E-state index in [0.717, 1.165) is 6.54 Å². The van der Waals surface area contributed by atoms with Gasteiger partial charge in [-0.1, -0.05) is 13.8 Å². The molecule has 1 atom stereocenters. The van der Waals surface area contributed by atoms with Gasteiger partial charge in [-0.05, 0) is 60.3 Å². The molecular weight excluding hydrogens is 222 g/mol. The summed E-state index contributed by atoms with van der Waals surface area (Å²) in [5, 5.41) is 3.51. The van der Waals surface area contributed by atoms with Crippen LogP contribution in [0.2, 0.25) is 0 Å². The Morgan fingerprint density at radius 2 is 1.72 bits per heavy atom. The van der Waals surface area contributed by atoms with Crippen molar-refractivity contribution in [3.05, 3.63) is 0 Å². The topological polar surface area (TPSA) is 18.5 Å². The Morgan fingerprint density at radius 1 is 1.11 bits per heavy atom. The van der Waals surface area contributed by atoms with Crippen LogP contribution in [-0.2, 0) is 0 Å². The molecule has 0 heterocycles. The molecule has 0 bridgehead atoms. The molecule has 1 fully saturated rings. The summed E-state index contributed by atoms with van der Waals surface area (Å²) in [7, 11) is 6.75. The van der Waals surface area contributed by atoms with E-state index in [2.05, 4.69) is 57.0 Å². The molecule has 1 unspecified atom stereocenters. The first-order valence-electron chi connectivity index (χ1n) is 7.48. The van der Waals surface area contributed by atoms with Crippen LogP contribution in [0.25, 0.3) is 0 Å². The van der Waals surface area contributed by atoms with Crippen molar-refractivity contribution in [2.24, 2.45) is 0 Å². The third-order valence-corrected chi connectivity index (χ3v) is 4.64. The van der Waals surface area contributed by atoms with Crippen LogP contribution in [0, 0.1) is 0 Å². The number of likely N-dealkylation sites (N-methyl/N-ethyl adjacent to an activating group) is 2. The monoisotopic (exact) mass is 255 g/mol. The SMILES string of the molecule is CC(C)NCCC(C)N(C)CC1(N(C)C)CCC1. The Morgan fingerprint density at radius 3 is 2.11 bits per heavy atom. The fourth-order valence-electron chi connectivity index (χ4n) is 2.75. The average Bonchev–Trinajstić information content (AvgIpc) is 2.21. The molecule has 0 aromatic rings. The number of rotatable bonds is 8. The summed E-state index contributed by atoms with van der Waals surface area (Å²) in [4.78, 5) is 4.98. The van der Waals surface area contributed by atoms with Gasteiger partial charge in [-0.15, -0.1) is 0 Å². The highest BCUT2D eigenvalue weighted by Gasteiger charge is 2.40. The van der Waals surface area contributed by atoms with Crippen molar-refractivity contribution < 1.29 is 0 Å². The molecule has 0 aliphatic heterocycles. The normalized spacial score (nSPS) is 20.5. The summed E-state index contributed by atoms with van der Waals surface area (Å²) < 4.78 is 0. The maximum atomic E-state index is 3.51. The zero-order chi connectivity index (χ0) is 13.8. The summed E-state index contributed by atoms with van der Waals surface area (Å²) >= 11 is 0. The molecule has 3 nitrogen and oxygen atoms in total. The lowest BCUT2D eigenvalue weighted by atomic mass is 9.75. The van der Waals surface area contributed by atoms with Crippen molar-refractivity contribution in [1.29, 1.82) is 0 Å². The molecule has 3 heteroatoms. The number of hydrogen-bond donors (Lipinski definition) is 1. The van der Waals surface area contributed by atoms with E-state index in [-0.39, 0.29) is 0 Å². The minimum Gasteiger partial charge on any atom is -0.314 e. The van der Waals surface area contributed by atoms with Gasteiger partial charge in [-0.3, -0.25) is 0 Å². The number of nitrogens with one attached hydrogen (secondary N) is 1. The molecule has 108 valence electrons. The molecule has 0 aromatic heterocycles. The second-order valence-corrected chi connectivity index (χ2v) is 6.63. The minimum absolute atomic E-state index is 0.453. The van der Waals surface area contributed by atoms with Crippen LogP contribution >= 0.6 is 0 Å². The summed E-state index contributed by atoms with van der Waals surface area (Å²) in [5.74, 6) is 0. The van der Waals surface area contributed by atoms with Crippen LogP contribution in [0.1, 0.15) is 46.5 Å². The Bertz CT molecular complexity index is 234. The first-order chi connectivity index (χ1) is 8.37. The van der Waals surface area contributed by atoms with E-state index >= 15 is 0 Å². The first kappa shape index (κ1) is 15.9. The van der Waals surface area contributed by atoms with Crippen LogP contribution in [0.3, 0.4) is 0 Å². The second-order valence-electron chi connectivity index (χ2n) is 6.63. The molecule has 1 aliphatic carbocycles. The summed E-state index contributed by atoms with van der Waals surface area (Å²) in [6.45, 7) is 9.11. The lowest BCUT2D eigenvalue weighted by molar-refractivity contribution is 0.0172. The zero-order valence-corrected chi connectivity index (χ0v) is 13.3. The van der Waals surface area contributed by atoms with E-state index in [1.165, 1.54) is 32.2 Å². The minimum atomic E-state index is 0.453. The Labute approximate surface area is 114 Å². The average molecular weight is 255 g/mol. The third kappa shape index (κ3) is 4.22. The van der Waals surface area contributed by atoms with Gasteiger partial charge in [0.25, 0.3) is 0 Å². The van der Waals surface area contributed by atoms with Crippen molar-refractivity contribution in [2.45, 2.75) is 64.1 Å². The van der Waals surface area contributed by atoms with Gasteiger partial charge in [0.1, 0.15) is 0 Å². The Balaban J connectivity index is 2.32. The van der Waals surface area contributed by atoms with E-state index in [1.54, 1.807) is 0 Å². The Hall–Kier alpha value is -0.120. The predicted molar refractivity (Wildman–Crippen MR) is 80.1 cm³/mol. The highest BCUT2D eigenvalue weighted by atomic mass is 15.2. The molecule has 0 amide bonds. The molecule has 0 aromatic carbocycles. The van der Waals surface area contributed by atoms with E-state index in [1.807, 2.05) is 0 Å². The molecule has 1 saturated carbocycles. The molecule has 0 spiro atoms. The van der Waals surface area contributed by atoms with Crippen molar-refractivity contribution in [2.75, 3.05) is 34.2 Å². The van der Waals surface area contributed by atoms with Crippen LogP contribution in [0.15, 0.2) is 0 Å². The molecule has 1 N–H and O–H groups in total. The van der Waals surface area contributed by atoms with Gasteiger partial charge < -0.3 is 15.1 Å². The fourth-order valence-corrected chi connectivity index (χ4v) is 2.75. The number of hydrogen-bond acceptors (Lipinski definition) is 3. The van der Waals surface area contributed by atoms with E-state index in [4.69, 9.17) is 0 Å². The van der Waals surface area contributed by atoms with Crippen LogP contribution < -0.4 is 5.32 Å². The predicted octanol–water partition coefficient (Wildman–Crippen LogP) is 2.18. The standard InChI is InChI=1S/C15H33N3/c1-13(2)16-11-8-14(3)18(6)12-15(17(4)5)9-7-10-15/h13-14,16H,7-12H2,1-6H3. The quantitative estimate of drug-likeness (QED) is 0.717. The summed E-state index contributed by atoms with van der Waals surface area (Å²) in [6, 6.07) is 1.26. The van der Waals surface area contributed by atoms with Gasteiger partial charge in [-0.25, -0.2) is 0 Å². The summed E-state index contributed by atoms with van der Waals surface area (Å²) in [5.41, 5.74) is 0.453. The molecule has 0 saturated heterocycles. The van der Waals surface area contributed by atoms with Gasteiger partial charge >= 0.3 is 0 Å². The van der Waals surface area contributed by atoms with Crippen molar-refractivity contribution in [3.63, 3.8) is 0 Å². The molecule has 1 rings (SSSR count). The largest absolute Gasteiger partial charge is 0.314 e. The van der Waals surface area contributed by atoms with E-state index in [0.29, 0.717) is 17.6 Å². The van der Waals surface area contributed by atoms with Crippen LogP contribution in [0.4, 0.5) is 0 Å². The fraction of sp³-hybridized carbons (Fsp3) is 1.00. The van der Waals surface area contributed by atoms with Gasteiger partial charge in [0, 0.05) is 24.2 Å². The van der Waals surface area contributed by atoms with Crippen molar-refractivity contribution in [3.8, 4) is 0 Å². The van der Waals surface area contributed by atoms with Crippen molar-refractivity contribution in [1.82, 2.24) is 15.1 Å². The lowest BCUT2D eigenvalue weighted by Crippen LogP contribution is -2.57. The maximum absolute atomic E-state index is 3.51. The van der Waals surface area contributed by atoms with Crippen LogP contribution in [-0.4, -0.2) is 61.7 Å². The van der Waals surface area contributed by atoms with Gasteiger partial charge in [0.05, 0.1) is 0 Å². The highest BCUT2D eigenvalue weighted by molar-refractivity contribution is 4.98. The second kappa shape index (κ2) is 6.88. The van der Waals surface area contributed by atoms with Crippen molar-refractivity contribution >= 4 is 0 Å².